The number of thiophene rings is 1. The summed E-state index contributed by atoms with van der Waals surface area (Å²) in [5.74, 6) is 0. The lowest BCUT2D eigenvalue weighted by molar-refractivity contribution is 0.259. The Balaban J connectivity index is 3.11. The van der Waals surface area contributed by atoms with Gasteiger partial charge in [-0.3, -0.25) is 0 Å². The van der Waals surface area contributed by atoms with Gasteiger partial charge in [-0.05, 0) is 11.4 Å². The molecule has 0 aliphatic rings. The largest absolute Gasteiger partial charge is 0.395 e. The molecular weight excluding hydrogens is 262 g/mol. The summed E-state index contributed by atoms with van der Waals surface area (Å²) in [6, 6.07) is 1.46. The van der Waals surface area contributed by atoms with Gasteiger partial charge in [-0.2, -0.15) is 4.31 Å². The molecular formula is C10H15NO4S2. The maximum atomic E-state index is 12.2. The SMILES string of the molecule is C=CCN(CCO)S(=O)(=O)c1ccsc1CO. The topological polar surface area (TPSA) is 77.8 Å². The second-order valence-corrected chi connectivity index (χ2v) is 6.15. The van der Waals surface area contributed by atoms with Gasteiger partial charge in [0.25, 0.3) is 0 Å². The van der Waals surface area contributed by atoms with E-state index in [9.17, 15) is 8.42 Å². The molecule has 7 heteroatoms. The first-order valence-corrected chi connectivity index (χ1v) is 7.29. The zero-order valence-corrected chi connectivity index (χ0v) is 10.9. The molecule has 0 atom stereocenters. The maximum absolute atomic E-state index is 12.2. The van der Waals surface area contributed by atoms with Crippen LogP contribution in [0, 0.1) is 0 Å². The molecule has 0 aliphatic heterocycles. The zero-order chi connectivity index (χ0) is 12.9. The Kier molecular flexibility index (Phi) is 5.29. The molecule has 1 aromatic heterocycles. The van der Waals surface area contributed by atoms with Crippen molar-refractivity contribution < 1.29 is 18.6 Å². The third-order valence-corrected chi connectivity index (χ3v) is 5.13. The Labute approximate surface area is 105 Å². The molecule has 0 aromatic carbocycles. The molecule has 0 spiro atoms. The summed E-state index contributed by atoms with van der Waals surface area (Å²) in [5.41, 5.74) is 0. The minimum Gasteiger partial charge on any atom is -0.395 e. The molecule has 1 aromatic rings. The fraction of sp³-hybridized carbons (Fsp3) is 0.400. The van der Waals surface area contributed by atoms with Crippen LogP contribution in [-0.4, -0.2) is 42.6 Å². The summed E-state index contributed by atoms with van der Waals surface area (Å²) in [6.07, 6.45) is 1.46. The minimum atomic E-state index is -3.67. The molecule has 0 aliphatic carbocycles. The number of hydrogen-bond acceptors (Lipinski definition) is 5. The van der Waals surface area contributed by atoms with Gasteiger partial charge in [0.15, 0.2) is 0 Å². The molecule has 0 saturated carbocycles. The predicted octanol–water partition coefficient (Wildman–Crippen LogP) is 0.409. The average molecular weight is 277 g/mol. The van der Waals surface area contributed by atoms with Gasteiger partial charge in [0.2, 0.25) is 10.0 Å². The Hall–Kier alpha value is -0.730. The molecule has 5 nitrogen and oxygen atoms in total. The van der Waals surface area contributed by atoms with Gasteiger partial charge in [0.05, 0.1) is 18.1 Å². The van der Waals surface area contributed by atoms with Crippen LogP contribution in [0.1, 0.15) is 4.88 Å². The van der Waals surface area contributed by atoms with E-state index in [4.69, 9.17) is 10.2 Å². The smallest absolute Gasteiger partial charge is 0.244 e. The van der Waals surface area contributed by atoms with Gasteiger partial charge in [-0.1, -0.05) is 6.08 Å². The van der Waals surface area contributed by atoms with Crippen LogP contribution in [0.2, 0.25) is 0 Å². The van der Waals surface area contributed by atoms with Crippen molar-refractivity contribution in [1.29, 1.82) is 0 Å². The second-order valence-electron chi connectivity index (χ2n) is 3.24. The molecule has 17 heavy (non-hydrogen) atoms. The van der Waals surface area contributed by atoms with Gasteiger partial charge in [0, 0.05) is 18.0 Å². The quantitative estimate of drug-likeness (QED) is 0.708. The van der Waals surface area contributed by atoms with E-state index in [0.29, 0.717) is 4.88 Å². The lowest BCUT2D eigenvalue weighted by atomic mass is 10.5. The molecule has 0 amide bonds. The number of sulfonamides is 1. The van der Waals surface area contributed by atoms with Crippen LogP contribution < -0.4 is 0 Å². The molecule has 1 rings (SSSR count). The number of aliphatic hydroxyl groups excluding tert-OH is 2. The molecule has 96 valence electrons. The summed E-state index contributed by atoms with van der Waals surface area (Å²) < 4.78 is 25.6. The second kappa shape index (κ2) is 6.27. The van der Waals surface area contributed by atoms with Gasteiger partial charge in [-0.25, -0.2) is 8.42 Å². The highest BCUT2D eigenvalue weighted by Gasteiger charge is 2.26. The standard InChI is InChI=1S/C10H15NO4S2/c1-2-4-11(5-6-12)17(14,15)10-3-7-16-9(10)8-13/h2-3,7,12-13H,1,4-6,8H2. The summed E-state index contributed by atoms with van der Waals surface area (Å²) >= 11 is 1.19. The summed E-state index contributed by atoms with van der Waals surface area (Å²) in [7, 11) is -3.67. The first kappa shape index (κ1) is 14.3. The van der Waals surface area contributed by atoms with Crippen molar-refractivity contribution in [3.05, 3.63) is 29.0 Å². The van der Waals surface area contributed by atoms with Crippen LogP contribution in [-0.2, 0) is 16.6 Å². The molecule has 0 bridgehead atoms. The normalized spacial score (nSPS) is 11.9. The fourth-order valence-corrected chi connectivity index (χ4v) is 4.05. The van der Waals surface area contributed by atoms with Crippen LogP contribution in [0.5, 0.6) is 0 Å². The number of rotatable bonds is 7. The van der Waals surface area contributed by atoms with Crippen LogP contribution in [0.25, 0.3) is 0 Å². The van der Waals surface area contributed by atoms with E-state index < -0.39 is 10.0 Å². The van der Waals surface area contributed by atoms with Crippen molar-refractivity contribution in [2.24, 2.45) is 0 Å². The molecule has 0 unspecified atom stereocenters. The number of nitrogens with zero attached hydrogens (tertiary/aromatic N) is 1. The molecule has 0 fully saturated rings. The van der Waals surface area contributed by atoms with E-state index in [1.165, 1.54) is 23.5 Å². The predicted molar refractivity (Wildman–Crippen MR) is 66.3 cm³/mol. The van der Waals surface area contributed by atoms with E-state index in [0.717, 1.165) is 4.31 Å². The van der Waals surface area contributed by atoms with Crippen LogP contribution in [0.15, 0.2) is 29.0 Å². The fourth-order valence-electron chi connectivity index (χ4n) is 1.38. The Morgan fingerprint density at radius 3 is 2.71 bits per heavy atom. The van der Waals surface area contributed by atoms with E-state index in [-0.39, 0.29) is 31.2 Å². The highest BCUT2D eigenvalue weighted by Crippen LogP contribution is 2.25. The van der Waals surface area contributed by atoms with Crippen molar-refractivity contribution in [2.75, 3.05) is 19.7 Å². The van der Waals surface area contributed by atoms with Crippen LogP contribution in [0.4, 0.5) is 0 Å². The highest BCUT2D eigenvalue weighted by atomic mass is 32.2. The third-order valence-electron chi connectivity index (χ3n) is 2.15. The molecule has 1 heterocycles. The Morgan fingerprint density at radius 2 is 2.18 bits per heavy atom. The zero-order valence-electron chi connectivity index (χ0n) is 9.24. The monoisotopic (exact) mass is 277 g/mol. The lowest BCUT2D eigenvalue weighted by Gasteiger charge is -2.19. The summed E-state index contributed by atoms with van der Waals surface area (Å²) in [5, 5.41) is 19.5. The van der Waals surface area contributed by atoms with Crippen molar-refractivity contribution in [3.63, 3.8) is 0 Å². The maximum Gasteiger partial charge on any atom is 0.244 e. The van der Waals surface area contributed by atoms with E-state index in [1.807, 2.05) is 0 Å². The molecule has 2 N–H and O–H groups in total. The summed E-state index contributed by atoms with van der Waals surface area (Å²) in [6.45, 7) is 3.05. The first-order valence-electron chi connectivity index (χ1n) is 4.97. The third kappa shape index (κ3) is 3.14. The van der Waals surface area contributed by atoms with Crippen molar-refractivity contribution >= 4 is 21.4 Å². The van der Waals surface area contributed by atoms with Gasteiger partial charge < -0.3 is 10.2 Å². The first-order chi connectivity index (χ1) is 8.07. The van der Waals surface area contributed by atoms with Crippen molar-refractivity contribution in [1.82, 2.24) is 4.31 Å². The number of hydrogen-bond donors (Lipinski definition) is 2. The van der Waals surface area contributed by atoms with Gasteiger partial charge in [0.1, 0.15) is 0 Å². The van der Waals surface area contributed by atoms with Gasteiger partial charge >= 0.3 is 0 Å². The van der Waals surface area contributed by atoms with E-state index in [1.54, 1.807) is 5.38 Å². The lowest BCUT2D eigenvalue weighted by Crippen LogP contribution is -2.34. The number of aliphatic hydroxyl groups is 2. The summed E-state index contributed by atoms with van der Waals surface area (Å²) in [4.78, 5) is 0.498. The van der Waals surface area contributed by atoms with Crippen LogP contribution >= 0.6 is 11.3 Å². The molecule has 0 radical (unpaired) electrons. The average Bonchev–Trinajstić information content (AvgIpc) is 2.77. The van der Waals surface area contributed by atoms with Crippen molar-refractivity contribution in [3.8, 4) is 0 Å². The Bertz CT molecular complexity index is 466. The van der Waals surface area contributed by atoms with E-state index >= 15 is 0 Å². The molecule has 0 saturated heterocycles. The Morgan fingerprint density at radius 1 is 1.47 bits per heavy atom. The van der Waals surface area contributed by atoms with E-state index in [2.05, 4.69) is 6.58 Å². The highest BCUT2D eigenvalue weighted by molar-refractivity contribution is 7.89. The van der Waals surface area contributed by atoms with Crippen LogP contribution in [0.3, 0.4) is 0 Å². The van der Waals surface area contributed by atoms with Gasteiger partial charge in [-0.15, -0.1) is 17.9 Å². The minimum absolute atomic E-state index is 0.00900. The van der Waals surface area contributed by atoms with Crippen molar-refractivity contribution in [2.45, 2.75) is 11.5 Å².